The monoisotopic (exact) mass is 492 g/mol. The van der Waals surface area contributed by atoms with Gasteiger partial charge in [-0.15, -0.1) is 0 Å². The SMILES string of the molecule is Cc1ccc(C)c(NS(=O)(=O)c2cc(C(=O)Nc3ccccc3Br)ccc2Cl)c1. The van der Waals surface area contributed by atoms with E-state index < -0.39 is 15.9 Å². The number of nitrogens with one attached hydrogen (secondary N) is 2. The Kier molecular flexibility index (Phi) is 6.31. The van der Waals surface area contributed by atoms with E-state index in [1.54, 1.807) is 31.2 Å². The number of anilines is 2. The molecule has 2 N–H and O–H groups in total. The molecule has 8 heteroatoms. The second kappa shape index (κ2) is 8.57. The van der Waals surface area contributed by atoms with Gasteiger partial charge in [0.2, 0.25) is 0 Å². The summed E-state index contributed by atoms with van der Waals surface area (Å²) in [6.07, 6.45) is 0. The molecule has 0 saturated carbocycles. The van der Waals surface area contributed by atoms with Crippen molar-refractivity contribution in [3.8, 4) is 0 Å². The summed E-state index contributed by atoms with van der Waals surface area (Å²) in [6, 6.07) is 16.7. The van der Waals surface area contributed by atoms with Gasteiger partial charge < -0.3 is 5.32 Å². The average Bonchev–Trinajstić information content (AvgIpc) is 2.66. The number of hydrogen-bond donors (Lipinski definition) is 2. The van der Waals surface area contributed by atoms with Crippen LogP contribution in [0.1, 0.15) is 21.5 Å². The topological polar surface area (TPSA) is 75.3 Å². The van der Waals surface area contributed by atoms with Crippen molar-refractivity contribution < 1.29 is 13.2 Å². The normalized spacial score (nSPS) is 11.2. The Hall–Kier alpha value is -2.35. The molecule has 0 spiro atoms. The Morgan fingerprint density at radius 1 is 0.966 bits per heavy atom. The summed E-state index contributed by atoms with van der Waals surface area (Å²) in [6.45, 7) is 3.68. The van der Waals surface area contributed by atoms with Crippen molar-refractivity contribution in [2.45, 2.75) is 18.7 Å². The second-order valence-corrected chi connectivity index (χ2v) is 9.42. The first-order valence-electron chi connectivity index (χ1n) is 8.63. The molecule has 29 heavy (non-hydrogen) atoms. The van der Waals surface area contributed by atoms with Crippen LogP contribution in [0.3, 0.4) is 0 Å². The number of halogens is 2. The van der Waals surface area contributed by atoms with Crippen molar-refractivity contribution in [1.29, 1.82) is 0 Å². The van der Waals surface area contributed by atoms with Crippen molar-refractivity contribution in [2.75, 3.05) is 10.0 Å². The van der Waals surface area contributed by atoms with Crippen molar-refractivity contribution in [3.63, 3.8) is 0 Å². The van der Waals surface area contributed by atoms with Crippen LogP contribution in [0.25, 0.3) is 0 Å². The standard InChI is InChI=1S/C21H18BrClN2O3S/c1-13-7-8-14(2)19(11-13)25-29(27,28)20-12-15(9-10-17(20)23)21(26)24-18-6-4-3-5-16(18)22/h3-12,25H,1-2H3,(H,24,26). The molecule has 0 aliphatic rings. The minimum Gasteiger partial charge on any atom is -0.321 e. The lowest BCUT2D eigenvalue weighted by Gasteiger charge is -2.14. The van der Waals surface area contributed by atoms with Gasteiger partial charge in [0, 0.05) is 10.0 Å². The molecule has 3 rings (SSSR count). The number of rotatable bonds is 5. The number of para-hydroxylation sites is 1. The number of amides is 1. The predicted molar refractivity (Wildman–Crippen MR) is 120 cm³/mol. The van der Waals surface area contributed by atoms with E-state index in [0.29, 0.717) is 15.8 Å². The molecule has 0 fully saturated rings. The van der Waals surface area contributed by atoms with Gasteiger partial charge in [0.25, 0.3) is 15.9 Å². The van der Waals surface area contributed by atoms with Gasteiger partial charge >= 0.3 is 0 Å². The van der Waals surface area contributed by atoms with Crippen LogP contribution in [0.5, 0.6) is 0 Å². The molecule has 5 nitrogen and oxygen atoms in total. The highest BCUT2D eigenvalue weighted by Gasteiger charge is 2.21. The number of aryl methyl sites for hydroxylation is 2. The summed E-state index contributed by atoms with van der Waals surface area (Å²) < 4.78 is 29.1. The third-order valence-corrected chi connectivity index (χ3v) is 6.78. The number of benzene rings is 3. The molecule has 0 bridgehead atoms. The van der Waals surface area contributed by atoms with E-state index in [4.69, 9.17) is 11.6 Å². The molecule has 0 atom stereocenters. The highest BCUT2D eigenvalue weighted by Crippen LogP contribution is 2.28. The fourth-order valence-corrected chi connectivity index (χ4v) is 4.69. The first kappa shape index (κ1) is 21.4. The van der Waals surface area contributed by atoms with E-state index in [9.17, 15) is 13.2 Å². The average molecular weight is 494 g/mol. The Balaban J connectivity index is 1.93. The lowest BCUT2D eigenvalue weighted by atomic mass is 10.1. The fraction of sp³-hybridized carbons (Fsp3) is 0.0952. The summed E-state index contributed by atoms with van der Waals surface area (Å²) in [5.41, 5.74) is 2.90. The molecule has 0 radical (unpaired) electrons. The van der Waals surface area contributed by atoms with E-state index in [-0.39, 0.29) is 15.5 Å². The molecule has 1 amide bonds. The molecule has 0 saturated heterocycles. The summed E-state index contributed by atoms with van der Waals surface area (Å²) in [5.74, 6) is -0.447. The van der Waals surface area contributed by atoms with Gasteiger partial charge in [0.15, 0.2) is 0 Å². The second-order valence-electron chi connectivity index (χ2n) is 6.50. The minimum absolute atomic E-state index is 0.0280. The van der Waals surface area contributed by atoms with Crippen LogP contribution in [-0.4, -0.2) is 14.3 Å². The van der Waals surface area contributed by atoms with E-state index in [2.05, 4.69) is 26.0 Å². The molecule has 0 heterocycles. The van der Waals surface area contributed by atoms with E-state index in [0.717, 1.165) is 11.1 Å². The maximum atomic E-state index is 12.9. The molecule has 3 aromatic rings. The summed E-state index contributed by atoms with van der Waals surface area (Å²) in [7, 11) is -3.99. The van der Waals surface area contributed by atoms with Gasteiger partial charge in [-0.25, -0.2) is 8.42 Å². The summed E-state index contributed by atoms with van der Waals surface area (Å²) in [5, 5.41) is 2.77. The van der Waals surface area contributed by atoms with Gasteiger partial charge in [-0.05, 0) is 77.3 Å². The fourth-order valence-electron chi connectivity index (χ4n) is 2.65. The number of hydrogen-bond acceptors (Lipinski definition) is 3. The zero-order chi connectivity index (χ0) is 21.2. The van der Waals surface area contributed by atoms with E-state index >= 15 is 0 Å². The van der Waals surface area contributed by atoms with E-state index in [1.807, 2.05) is 25.1 Å². The van der Waals surface area contributed by atoms with Crippen LogP contribution < -0.4 is 10.0 Å². The highest BCUT2D eigenvalue weighted by atomic mass is 79.9. The van der Waals surface area contributed by atoms with Gasteiger partial charge in [-0.3, -0.25) is 9.52 Å². The first-order chi connectivity index (χ1) is 13.7. The van der Waals surface area contributed by atoms with Crippen LogP contribution in [0.4, 0.5) is 11.4 Å². The van der Waals surface area contributed by atoms with Gasteiger partial charge in [0.05, 0.1) is 16.4 Å². The molecule has 0 aliphatic carbocycles. The molecule has 0 aromatic heterocycles. The van der Waals surface area contributed by atoms with E-state index in [1.165, 1.54) is 18.2 Å². The van der Waals surface area contributed by atoms with Crippen LogP contribution in [0, 0.1) is 13.8 Å². The van der Waals surface area contributed by atoms with Crippen molar-refractivity contribution in [1.82, 2.24) is 0 Å². The summed E-state index contributed by atoms with van der Waals surface area (Å²) in [4.78, 5) is 12.5. The lowest BCUT2D eigenvalue weighted by molar-refractivity contribution is 0.102. The zero-order valence-electron chi connectivity index (χ0n) is 15.7. The zero-order valence-corrected chi connectivity index (χ0v) is 18.8. The molecular weight excluding hydrogens is 476 g/mol. The van der Waals surface area contributed by atoms with Gasteiger partial charge in [0.1, 0.15) is 4.90 Å². The Morgan fingerprint density at radius 3 is 2.41 bits per heavy atom. The third-order valence-electron chi connectivity index (χ3n) is 4.24. The number of sulfonamides is 1. The number of carbonyl (C=O) groups excluding carboxylic acids is 1. The smallest absolute Gasteiger partial charge is 0.263 e. The molecular formula is C21H18BrClN2O3S. The first-order valence-corrected chi connectivity index (χ1v) is 11.3. The molecule has 3 aromatic carbocycles. The largest absolute Gasteiger partial charge is 0.321 e. The third kappa shape index (κ3) is 4.98. The summed E-state index contributed by atoms with van der Waals surface area (Å²) >= 11 is 9.51. The maximum Gasteiger partial charge on any atom is 0.263 e. The van der Waals surface area contributed by atoms with Gasteiger partial charge in [-0.1, -0.05) is 35.9 Å². The Labute approximate surface area is 183 Å². The highest BCUT2D eigenvalue weighted by molar-refractivity contribution is 9.10. The lowest BCUT2D eigenvalue weighted by Crippen LogP contribution is -2.17. The van der Waals surface area contributed by atoms with Crippen LogP contribution in [-0.2, 0) is 10.0 Å². The van der Waals surface area contributed by atoms with Crippen LogP contribution in [0.2, 0.25) is 5.02 Å². The molecule has 0 unspecified atom stereocenters. The molecule has 150 valence electrons. The quantitative estimate of drug-likeness (QED) is 0.473. The Bertz CT molecular complexity index is 1200. The van der Waals surface area contributed by atoms with Crippen LogP contribution >= 0.6 is 27.5 Å². The Morgan fingerprint density at radius 2 is 1.69 bits per heavy atom. The maximum absolute atomic E-state index is 12.9. The van der Waals surface area contributed by atoms with Crippen molar-refractivity contribution >= 4 is 54.8 Å². The van der Waals surface area contributed by atoms with Crippen LogP contribution in [0.15, 0.2) is 70.0 Å². The van der Waals surface area contributed by atoms with Crippen molar-refractivity contribution in [2.24, 2.45) is 0 Å². The van der Waals surface area contributed by atoms with Gasteiger partial charge in [-0.2, -0.15) is 0 Å². The molecule has 0 aliphatic heterocycles. The minimum atomic E-state index is -3.99. The van der Waals surface area contributed by atoms with Crippen molar-refractivity contribution in [3.05, 3.63) is 86.8 Å². The predicted octanol–water partition coefficient (Wildman–Crippen LogP) is 5.77. The number of carbonyl (C=O) groups is 1.